The first kappa shape index (κ1) is 27.2. The summed E-state index contributed by atoms with van der Waals surface area (Å²) in [4.78, 5) is 25.5. The third kappa shape index (κ3) is 11.7. The van der Waals surface area contributed by atoms with Crippen molar-refractivity contribution < 1.29 is 19.4 Å². The number of hydrogen-bond acceptors (Lipinski definition) is 4. The van der Waals surface area contributed by atoms with Gasteiger partial charge in [-0.05, 0) is 56.6 Å². The van der Waals surface area contributed by atoms with Crippen LogP contribution in [0.3, 0.4) is 0 Å². The van der Waals surface area contributed by atoms with E-state index in [4.69, 9.17) is 9.84 Å². The van der Waals surface area contributed by atoms with Crippen molar-refractivity contribution in [2.75, 3.05) is 25.0 Å². The quantitative estimate of drug-likeness (QED) is 0.288. The molecule has 1 unspecified atom stereocenters. The molecule has 0 spiro atoms. The lowest BCUT2D eigenvalue weighted by atomic mass is 10.1. The van der Waals surface area contributed by atoms with Gasteiger partial charge in [0, 0.05) is 12.2 Å². The lowest BCUT2D eigenvalue weighted by Crippen LogP contribution is -2.29. The average molecular weight is 429 g/mol. The van der Waals surface area contributed by atoms with E-state index in [0.717, 1.165) is 38.9 Å². The Labute approximate surface area is 181 Å². The second kappa shape index (κ2) is 16.1. The van der Waals surface area contributed by atoms with Gasteiger partial charge in [0.1, 0.15) is 6.10 Å². The molecule has 0 fully saturated rings. The van der Waals surface area contributed by atoms with Crippen LogP contribution in [-0.2, 0) is 4.74 Å². The first-order valence-electron chi connectivity index (χ1n) is 10.5. The van der Waals surface area contributed by atoms with Gasteiger partial charge < -0.3 is 14.7 Å². The molecule has 0 aliphatic carbocycles. The molecule has 166 valence electrons. The number of nitrogens with zero attached hydrogens (tertiary/aromatic N) is 1. The lowest BCUT2D eigenvalue weighted by molar-refractivity contribution is 0.0231. The van der Waals surface area contributed by atoms with Gasteiger partial charge in [0.2, 0.25) is 0 Å². The Morgan fingerprint density at radius 1 is 1.00 bits per heavy atom. The van der Waals surface area contributed by atoms with Crippen LogP contribution in [0.25, 0.3) is 0 Å². The second-order valence-electron chi connectivity index (χ2n) is 7.05. The molecule has 1 rings (SSSR count). The van der Waals surface area contributed by atoms with Crippen molar-refractivity contribution in [1.29, 1.82) is 0 Å². The van der Waals surface area contributed by atoms with E-state index in [1.165, 1.54) is 25.7 Å². The van der Waals surface area contributed by atoms with Crippen LogP contribution in [0.2, 0.25) is 0 Å². The summed E-state index contributed by atoms with van der Waals surface area (Å²) in [6.07, 6.45) is 6.43. The smallest absolute Gasteiger partial charge is 0.409 e. The molecule has 1 atom stereocenters. The van der Waals surface area contributed by atoms with Gasteiger partial charge in [-0.15, -0.1) is 12.4 Å². The van der Waals surface area contributed by atoms with Crippen molar-refractivity contribution in [3.63, 3.8) is 0 Å². The molecule has 0 aromatic heterocycles. The fraction of sp³-hybridized carbons (Fsp3) is 0.636. The van der Waals surface area contributed by atoms with Crippen molar-refractivity contribution in [3.05, 3.63) is 29.8 Å². The number of carbonyl (C=O) groups excluding carboxylic acids is 1. The van der Waals surface area contributed by atoms with Gasteiger partial charge in [0.25, 0.3) is 0 Å². The number of carboxylic acid groups (broad SMARTS) is 1. The van der Waals surface area contributed by atoms with Crippen molar-refractivity contribution in [1.82, 2.24) is 4.90 Å². The van der Waals surface area contributed by atoms with Gasteiger partial charge in [-0.3, -0.25) is 5.32 Å². The summed E-state index contributed by atoms with van der Waals surface area (Å²) in [6.45, 7) is 9.38. The highest BCUT2D eigenvalue weighted by Crippen LogP contribution is 2.16. The molecule has 0 radical (unpaired) electrons. The fourth-order valence-corrected chi connectivity index (χ4v) is 3.14. The third-order valence-corrected chi connectivity index (χ3v) is 4.94. The van der Waals surface area contributed by atoms with E-state index in [2.05, 4.69) is 31.0 Å². The first-order chi connectivity index (χ1) is 13.5. The van der Waals surface area contributed by atoms with Gasteiger partial charge in [-0.1, -0.05) is 46.5 Å². The highest BCUT2D eigenvalue weighted by molar-refractivity contribution is 5.91. The van der Waals surface area contributed by atoms with Crippen LogP contribution in [0.5, 0.6) is 0 Å². The summed E-state index contributed by atoms with van der Waals surface area (Å²) >= 11 is 0. The van der Waals surface area contributed by atoms with Crippen LogP contribution in [0, 0.1) is 0 Å². The van der Waals surface area contributed by atoms with Gasteiger partial charge in [-0.25, -0.2) is 9.59 Å². The number of esters is 1. The predicted molar refractivity (Wildman–Crippen MR) is 120 cm³/mol. The van der Waals surface area contributed by atoms with E-state index in [1.54, 1.807) is 24.3 Å². The minimum atomic E-state index is -1.13. The number of carbonyl (C=O) groups is 2. The van der Waals surface area contributed by atoms with Crippen molar-refractivity contribution in [2.24, 2.45) is 0 Å². The molecule has 7 heteroatoms. The standard InChI is InChI=1S/C22H36N2O4.ClH/c1-4-7-8-9-10-11-20(16-17-24(5-2)6-3)28-21(25)18-12-14-19(15-13-18)23-22(26)27;/h12-15,20,23H,4-11,16-17H2,1-3H3,(H,26,27);1H. The molecule has 0 bridgehead atoms. The maximum atomic E-state index is 12.5. The largest absolute Gasteiger partial charge is 0.465 e. The second-order valence-corrected chi connectivity index (χ2v) is 7.05. The van der Waals surface area contributed by atoms with Crippen molar-refractivity contribution in [3.8, 4) is 0 Å². The molecule has 0 aliphatic heterocycles. The van der Waals surface area contributed by atoms with E-state index >= 15 is 0 Å². The number of ether oxygens (including phenoxy) is 1. The number of benzene rings is 1. The lowest BCUT2D eigenvalue weighted by Gasteiger charge is -2.23. The van der Waals surface area contributed by atoms with Gasteiger partial charge in [0.15, 0.2) is 0 Å². The molecular formula is C22H37ClN2O4. The van der Waals surface area contributed by atoms with Crippen LogP contribution < -0.4 is 5.32 Å². The molecule has 29 heavy (non-hydrogen) atoms. The SMILES string of the molecule is CCCCCCCC(CCN(CC)CC)OC(=O)c1ccc(NC(=O)O)cc1.Cl. The number of hydrogen-bond donors (Lipinski definition) is 2. The first-order valence-corrected chi connectivity index (χ1v) is 10.5. The Morgan fingerprint density at radius 2 is 1.62 bits per heavy atom. The van der Waals surface area contributed by atoms with E-state index in [1.807, 2.05) is 0 Å². The molecule has 2 N–H and O–H groups in total. The van der Waals surface area contributed by atoms with Crippen LogP contribution in [0.15, 0.2) is 24.3 Å². The Balaban J connectivity index is 0.00000784. The zero-order valence-electron chi connectivity index (χ0n) is 18.0. The number of anilines is 1. The molecule has 6 nitrogen and oxygen atoms in total. The maximum Gasteiger partial charge on any atom is 0.409 e. The van der Waals surface area contributed by atoms with Crippen LogP contribution >= 0.6 is 12.4 Å². The summed E-state index contributed by atoms with van der Waals surface area (Å²) < 4.78 is 5.80. The van der Waals surface area contributed by atoms with Crippen LogP contribution in [-0.4, -0.2) is 47.8 Å². The summed E-state index contributed by atoms with van der Waals surface area (Å²) in [7, 11) is 0. The molecule has 0 saturated carbocycles. The highest BCUT2D eigenvalue weighted by atomic mass is 35.5. The molecular weight excluding hydrogens is 392 g/mol. The maximum absolute atomic E-state index is 12.5. The van der Waals surface area contributed by atoms with Crippen LogP contribution in [0.1, 0.15) is 76.1 Å². The Hall–Kier alpha value is -1.79. The number of amides is 1. The Kier molecular flexibility index (Phi) is 15.1. The summed E-state index contributed by atoms with van der Waals surface area (Å²) in [6, 6.07) is 6.33. The minimum Gasteiger partial charge on any atom is -0.465 e. The Morgan fingerprint density at radius 3 is 2.17 bits per heavy atom. The zero-order chi connectivity index (χ0) is 20.8. The van der Waals surface area contributed by atoms with E-state index in [9.17, 15) is 9.59 Å². The van der Waals surface area contributed by atoms with Gasteiger partial charge in [-0.2, -0.15) is 0 Å². The predicted octanol–water partition coefficient (Wildman–Crippen LogP) is 5.82. The van der Waals surface area contributed by atoms with Gasteiger partial charge in [0.05, 0.1) is 5.56 Å². The summed E-state index contributed by atoms with van der Waals surface area (Å²) in [5.41, 5.74) is 0.868. The summed E-state index contributed by atoms with van der Waals surface area (Å²) in [5, 5.41) is 11.0. The van der Waals surface area contributed by atoms with E-state index < -0.39 is 6.09 Å². The fourth-order valence-electron chi connectivity index (χ4n) is 3.14. The van der Waals surface area contributed by atoms with Crippen molar-refractivity contribution >= 4 is 30.2 Å². The Bertz CT molecular complexity index is 577. The zero-order valence-corrected chi connectivity index (χ0v) is 18.8. The molecule has 1 aromatic carbocycles. The molecule has 0 aliphatic rings. The van der Waals surface area contributed by atoms with Gasteiger partial charge >= 0.3 is 12.1 Å². The normalized spacial score (nSPS) is 11.6. The molecule has 0 saturated heterocycles. The van der Waals surface area contributed by atoms with Crippen molar-refractivity contribution in [2.45, 2.75) is 71.8 Å². The van der Waals surface area contributed by atoms with Crippen LogP contribution in [0.4, 0.5) is 10.5 Å². The topological polar surface area (TPSA) is 78.9 Å². The molecule has 0 heterocycles. The van der Waals surface area contributed by atoms with E-state index in [-0.39, 0.29) is 24.5 Å². The highest BCUT2D eigenvalue weighted by Gasteiger charge is 2.17. The number of unbranched alkanes of at least 4 members (excludes halogenated alkanes) is 4. The number of halogens is 1. The summed E-state index contributed by atoms with van der Waals surface area (Å²) in [5.74, 6) is -0.347. The minimum absolute atomic E-state index is 0. The molecule has 1 amide bonds. The van der Waals surface area contributed by atoms with E-state index in [0.29, 0.717) is 11.3 Å². The number of nitrogens with one attached hydrogen (secondary N) is 1. The third-order valence-electron chi connectivity index (χ3n) is 4.94. The molecule has 1 aromatic rings. The monoisotopic (exact) mass is 428 g/mol. The average Bonchev–Trinajstić information content (AvgIpc) is 2.68. The number of rotatable bonds is 14.